The number of piperidine rings is 1. The summed E-state index contributed by atoms with van der Waals surface area (Å²) in [5, 5.41) is 4.94. The first-order chi connectivity index (χ1) is 8.65. The van der Waals surface area contributed by atoms with Crippen molar-refractivity contribution < 1.29 is 4.52 Å². The van der Waals surface area contributed by atoms with Gasteiger partial charge in [-0.1, -0.05) is 19.0 Å². The van der Waals surface area contributed by atoms with Crippen LogP contribution in [0.25, 0.3) is 11.1 Å². The van der Waals surface area contributed by atoms with Gasteiger partial charge < -0.3 is 9.42 Å². The summed E-state index contributed by atoms with van der Waals surface area (Å²) >= 11 is 0. The number of aryl methyl sites for hydroxylation is 1. The topological polar surface area (TPSA) is 55.1 Å². The Morgan fingerprint density at radius 3 is 2.67 bits per heavy atom. The molecule has 5 nitrogen and oxygen atoms in total. The highest BCUT2D eigenvalue weighted by atomic mass is 16.5. The zero-order chi connectivity index (χ0) is 12.7. The molecule has 5 heteroatoms. The number of aromatic nitrogens is 3. The summed E-state index contributed by atoms with van der Waals surface area (Å²) in [6.45, 7) is 8.61. The van der Waals surface area contributed by atoms with E-state index in [1.807, 2.05) is 6.92 Å². The lowest BCUT2D eigenvalue weighted by Gasteiger charge is -2.35. The first kappa shape index (κ1) is 11.4. The van der Waals surface area contributed by atoms with Crippen molar-refractivity contribution in [1.82, 2.24) is 15.1 Å². The van der Waals surface area contributed by atoms with Crippen molar-refractivity contribution in [3.8, 4) is 0 Å². The average molecular weight is 246 g/mol. The van der Waals surface area contributed by atoms with E-state index in [9.17, 15) is 0 Å². The Balaban J connectivity index is 2.05. The van der Waals surface area contributed by atoms with E-state index < -0.39 is 0 Å². The number of anilines is 1. The zero-order valence-electron chi connectivity index (χ0n) is 11.1. The highest BCUT2D eigenvalue weighted by Crippen LogP contribution is 2.30. The molecule has 1 aliphatic rings. The average Bonchev–Trinajstić information content (AvgIpc) is 2.70. The van der Waals surface area contributed by atoms with Crippen LogP contribution in [0.1, 0.15) is 26.0 Å². The Morgan fingerprint density at radius 2 is 1.94 bits per heavy atom. The lowest BCUT2D eigenvalue weighted by molar-refractivity contribution is 0.356. The van der Waals surface area contributed by atoms with E-state index in [1.165, 1.54) is 6.42 Å². The van der Waals surface area contributed by atoms with Crippen LogP contribution in [0.15, 0.2) is 10.9 Å². The third-order valence-corrected chi connectivity index (χ3v) is 3.59. The van der Waals surface area contributed by atoms with Crippen LogP contribution >= 0.6 is 0 Å². The minimum atomic E-state index is 0.586. The van der Waals surface area contributed by atoms with Crippen molar-refractivity contribution in [2.45, 2.75) is 27.2 Å². The molecular formula is C13H18N4O. The van der Waals surface area contributed by atoms with Gasteiger partial charge in [-0.3, -0.25) is 0 Å². The fourth-order valence-electron chi connectivity index (χ4n) is 2.98. The van der Waals surface area contributed by atoms with E-state index in [0.29, 0.717) is 17.5 Å². The molecule has 3 rings (SSSR count). The first-order valence-electron chi connectivity index (χ1n) is 6.47. The van der Waals surface area contributed by atoms with Gasteiger partial charge in [-0.05, 0) is 25.2 Å². The lowest BCUT2D eigenvalue weighted by atomic mass is 9.92. The maximum absolute atomic E-state index is 5.21. The Morgan fingerprint density at radius 1 is 1.22 bits per heavy atom. The van der Waals surface area contributed by atoms with Crippen LogP contribution in [0, 0.1) is 18.8 Å². The molecule has 1 saturated heterocycles. The number of fused-ring (bicyclic) bond motifs is 1. The van der Waals surface area contributed by atoms with Gasteiger partial charge in [0.05, 0.1) is 5.69 Å². The molecule has 0 spiro atoms. The molecule has 0 aliphatic carbocycles. The van der Waals surface area contributed by atoms with Crippen LogP contribution in [0.3, 0.4) is 0 Å². The van der Waals surface area contributed by atoms with Gasteiger partial charge in [0, 0.05) is 13.1 Å². The molecule has 2 aromatic rings. The largest absolute Gasteiger partial charge is 0.355 e. The Kier molecular flexibility index (Phi) is 2.69. The quantitative estimate of drug-likeness (QED) is 0.773. The van der Waals surface area contributed by atoms with Crippen LogP contribution in [0.5, 0.6) is 0 Å². The first-order valence-corrected chi connectivity index (χ1v) is 6.47. The molecule has 0 amide bonds. The molecule has 18 heavy (non-hydrogen) atoms. The zero-order valence-corrected chi connectivity index (χ0v) is 11.1. The van der Waals surface area contributed by atoms with Gasteiger partial charge >= 0.3 is 0 Å². The molecule has 1 fully saturated rings. The van der Waals surface area contributed by atoms with E-state index in [2.05, 4.69) is 33.9 Å². The second-order valence-corrected chi connectivity index (χ2v) is 5.50. The minimum absolute atomic E-state index is 0.586. The van der Waals surface area contributed by atoms with Crippen molar-refractivity contribution in [2.75, 3.05) is 18.0 Å². The molecule has 0 radical (unpaired) electrons. The maximum Gasteiger partial charge on any atom is 0.263 e. The predicted molar refractivity (Wildman–Crippen MR) is 69.5 cm³/mol. The summed E-state index contributed by atoms with van der Waals surface area (Å²) in [7, 11) is 0. The smallest absolute Gasteiger partial charge is 0.263 e. The second-order valence-electron chi connectivity index (χ2n) is 5.50. The summed E-state index contributed by atoms with van der Waals surface area (Å²) in [4.78, 5) is 10.9. The Labute approximate surface area is 106 Å². The standard InChI is InChI=1S/C13H18N4O/c1-8-4-9(2)6-17(5-8)12-11-10(3)16-18-13(11)15-7-14-12/h7-9H,4-6H2,1-3H3/t8-,9+. The molecule has 3 heterocycles. The molecule has 1 aliphatic heterocycles. The van der Waals surface area contributed by atoms with E-state index in [1.54, 1.807) is 6.33 Å². The highest BCUT2D eigenvalue weighted by Gasteiger charge is 2.25. The molecule has 0 unspecified atom stereocenters. The van der Waals surface area contributed by atoms with Crippen LogP contribution in [-0.2, 0) is 0 Å². The van der Waals surface area contributed by atoms with E-state index in [-0.39, 0.29) is 0 Å². The lowest BCUT2D eigenvalue weighted by Crippen LogP contribution is -2.39. The summed E-state index contributed by atoms with van der Waals surface area (Å²) in [5.74, 6) is 2.36. The molecule has 2 aromatic heterocycles. The van der Waals surface area contributed by atoms with E-state index in [4.69, 9.17) is 4.52 Å². The molecule has 2 atom stereocenters. The van der Waals surface area contributed by atoms with Gasteiger partial charge in [0.15, 0.2) is 0 Å². The molecular weight excluding hydrogens is 228 g/mol. The minimum Gasteiger partial charge on any atom is -0.355 e. The van der Waals surface area contributed by atoms with Crippen molar-refractivity contribution in [1.29, 1.82) is 0 Å². The van der Waals surface area contributed by atoms with E-state index >= 15 is 0 Å². The summed E-state index contributed by atoms with van der Waals surface area (Å²) in [6, 6.07) is 0. The molecule has 0 bridgehead atoms. The predicted octanol–water partition coefficient (Wildman–Crippen LogP) is 2.41. The van der Waals surface area contributed by atoms with Crippen LogP contribution < -0.4 is 4.90 Å². The molecule has 96 valence electrons. The maximum atomic E-state index is 5.21. The SMILES string of the molecule is Cc1noc2ncnc(N3C[C@H](C)C[C@H](C)C3)c12. The third-order valence-electron chi connectivity index (χ3n) is 3.59. The second kappa shape index (κ2) is 4.23. The van der Waals surface area contributed by atoms with Gasteiger partial charge in [-0.15, -0.1) is 0 Å². The van der Waals surface area contributed by atoms with Gasteiger partial charge in [-0.25, -0.2) is 4.98 Å². The normalized spacial score (nSPS) is 24.7. The number of hydrogen-bond acceptors (Lipinski definition) is 5. The summed E-state index contributed by atoms with van der Waals surface area (Å²) < 4.78 is 5.21. The molecule has 0 N–H and O–H groups in total. The summed E-state index contributed by atoms with van der Waals surface area (Å²) in [5.41, 5.74) is 1.45. The number of nitrogens with zero attached hydrogens (tertiary/aromatic N) is 4. The van der Waals surface area contributed by atoms with Crippen molar-refractivity contribution in [3.63, 3.8) is 0 Å². The van der Waals surface area contributed by atoms with Crippen molar-refractivity contribution in [3.05, 3.63) is 12.0 Å². The fourth-order valence-corrected chi connectivity index (χ4v) is 2.98. The van der Waals surface area contributed by atoms with Gasteiger partial charge in [0.25, 0.3) is 5.71 Å². The van der Waals surface area contributed by atoms with Gasteiger partial charge in [0.2, 0.25) is 0 Å². The molecule has 0 saturated carbocycles. The number of hydrogen-bond donors (Lipinski definition) is 0. The van der Waals surface area contributed by atoms with Crippen LogP contribution in [-0.4, -0.2) is 28.2 Å². The van der Waals surface area contributed by atoms with Crippen LogP contribution in [0.4, 0.5) is 5.82 Å². The monoisotopic (exact) mass is 246 g/mol. The fraction of sp³-hybridized carbons (Fsp3) is 0.615. The number of rotatable bonds is 1. The third kappa shape index (κ3) is 1.83. The summed E-state index contributed by atoms with van der Waals surface area (Å²) in [6.07, 6.45) is 2.85. The van der Waals surface area contributed by atoms with Crippen LogP contribution in [0.2, 0.25) is 0 Å². The van der Waals surface area contributed by atoms with E-state index in [0.717, 1.165) is 30.0 Å². The van der Waals surface area contributed by atoms with Crippen molar-refractivity contribution in [2.24, 2.45) is 11.8 Å². The molecule has 0 aromatic carbocycles. The Bertz CT molecular complexity index is 555. The van der Waals surface area contributed by atoms with Gasteiger partial charge in [-0.2, -0.15) is 4.98 Å². The van der Waals surface area contributed by atoms with Crippen molar-refractivity contribution >= 4 is 16.9 Å². The Hall–Kier alpha value is -1.65. The van der Waals surface area contributed by atoms with Gasteiger partial charge in [0.1, 0.15) is 17.5 Å². The highest BCUT2D eigenvalue weighted by molar-refractivity contribution is 5.87.